The van der Waals surface area contributed by atoms with Crippen molar-refractivity contribution in [3.63, 3.8) is 0 Å². The molecule has 1 aliphatic carbocycles. The summed E-state index contributed by atoms with van der Waals surface area (Å²) < 4.78 is 0. The lowest BCUT2D eigenvalue weighted by Gasteiger charge is -2.34. The third-order valence-corrected chi connectivity index (χ3v) is 7.13. The van der Waals surface area contributed by atoms with Gasteiger partial charge in [0.2, 0.25) is 0 Å². The number of carbonyl (C=O) groups is 6. The molecule has 1 saturated carbocycles. The van der Waals surface area contributed by atoms with Crippen LogP contribution in [0.4, 0.5) is 0 Å². The Hall–Kier alpha value is -3.98. The van der Waals surface area contributed by atoms with Crippen LogP contribution in [0.1, 0.15) is 67.1 Å². The van der Waals surface area contributed by atoms with Gasteiger partial charge in [0.15, 0.2) is 18.1 Å². The summed E-state index contributed by atoms with van der Waals surface area (Å²) in [5.41, 5.74) is 0.256. The van der Waals surface area contributed by atoms with E-state index in [1.165, 1.54) is 24.3 Å². The minimum absolute atomic E-state index is 0.0470. The van der Waals surface area contributed by atoms with E-state index in [1.807, 2.05) is 0 Å². The average molecular weight is 474 g/mol. The molecule has 5 rings (SSSR count). The number of fused-ring (bicyclic) bond motifs is 2. The molecule has 2 heterocycles. The maximum Gasteiger partial charge on any atom is 0.262 e. The summed E-state index contributed by atoms with van der Waals surface area (Å²) in [5.74, 6) is -4.63. The third kappa shape index (κ3) is 3.42. The second-order valence-corrected chi connectivity index (χ2v) is 9.02. The molecule has 1 fully saturated rings. The van der Waals surface area contributed by atoms with Crippen LogP contribution in [0.5, 0.6) is 0 Å². The van der Waals surface area contributed by atoms with Crippen LogP contribution in [0.15, 0.2) is 48.5 Å². The summed E-state index contributed by atoms with van der Waals surface area (Å²) in [4.78, 5) is 79.6. The quantitative estimate of drug-likeness (QED) is 0.367. The van der Waals surface area contributed by atoms with Crippen LogP contribution in [0.25, 0.3) is 0 Å². The van der Waals surface area contributed by atoms with E-state index >= 15 is 0 Å². The van der Waals surface area contributed by atoms with Gasteiger partial charge in [0.05, 0.1) is 28.4 Å². The SMILES string of the molecule is O=C[C@@H](C(=O)[C@H]([C@@H](O)C1CCCC1)N1C(=O)c2ccccc2C1=O)N1C(=O)c2ccccc2C1=O. The standard InChI is InChI=1S/C26H22N2O7/c29-13-19(27-23(32)15-9-3-4-10-16(15)24(27)33)22(31)20(21(30)14-7-1-2-8-14)28-25(34)17-11-5-6-12-18(17)26(28)35/h3-6,9-14,19-21,30H,1-2,7-8H2/t19-,20-,21-/m0/s1. The monoisotopic (exact) mass is 474 g/mol. The molecule has 2 aromatic carbocycles. The number of aliphatic hydroxyl groups is 1. The Morgan fingerprint density at radius 3 is 1.57 bits per heavy atom. The highest BCUT2D eigenvalue weighted by Crippen LogP contribution is 2.35. The fraction of sp³-hybridized carbons (Fsp3) is 0.308. The fourth-order valence-electron chi connectivity index (χ4n) is 5.36. The zero-order valence-electron chi connectivity index (χ0n) is 18.6. The van der Waals surface area contributed by atoms with E-state index in [9.17, 15) is 33.9 Å². The summed E-state index contributed by atoms with van der Waals surface area (Å²) in [7, 11) is 0. The van der Waals surface area contributed by atoms with E-state index in [0.29, 0.717) is 22.6 Å². The molecule has 35 heavy (non-hydrogen) atoms. The number of hydrogen-bond donors (Lipinski definition) is 1. The number of imide groups is 2. The highest BCUT2D eigenvalue weighted by molar-refractivity contribution is 6.27. The van der Waals surface area contributed by atoms with Gasteiger partial charge < -0.3 is 9.90 Å². The van der Waals surface area contributed by atoms with Crippen LogP contribution in [0, 0.1) is 5.92 Å². The molecule has 9 heteroatoms. The van der Waals surface area contributed by atoms with E-state index in [4.69, 9.17) is 0 Å². The van der Waals surface area contributed by atoms with Crippen LogP contribution in [-0.2, 0) is 9.59 Å². The Bertz CT molecular complexity index is 1210. The van der Waals surface area contributed by atoms with Gasteiger partial charge in [-0.15, -0.1) is 0 Å². The number of carbonyl (C=O) groups excluding carboxylic acids is 6. The fourth-order valence-corrected chi connectivity index (χ4v) is 5.36. The molecule has 0 unspecified atom stereocenters. The summed E-state index contributed by atoms with van der Waals surface area (Å²) >= 11 is 0. The first-order chi connectivity index (χ1) is 16.9. The molecule has 3 atom stereocenters. The number of Topliss-reactive ketones (excluding diaryl/α,β-unsaturated/α-hetero) is 1. The van der Waals surface area contributed by atoms with Crippen molar-refractivity contribution >= 4 is 35.7 Å². The van der Waals surface area contributed by atoms with Crippen LogP contribution < -0.4 is 0 Å². The number of rotatable bonds is 7. The van der Waals surface area contributed by atoms with Gasteiger partial charge in [-0.3, -0.25) is 33.8 Å². The Morgan fingerprint density at radius 1 is 0.771 bits per heavy atom. The predicted octanol–water partition coefficient (Wildman–Crippen LogP) is 1.64. The van der Waals surface area contributed by atoms with Gasteiger partial charge in [0.1, 0.15) is 6.04 Å². The number of benzene rings is 2. The van der Waals surface area contributed by atoms with E-state index < -0.39 is 47.6 Å². The van der Waals surface area contributed by atoms with Crippen molar-refractivity contribution < 1.29 is 33.9 Å². The Kier molecular flexibility index (Phi) is 5.64. The zero-order chi connectivity index (χ0) is 24.9. The molecule has 9 nitrogen and oxygen atoms in total. The van der Waals surface area contributed by atoms with E-state index in [-0.39, 0.29) is 34.5 Å². The van der Waals surface area contributed by atoms with Crippen molar-refractivity contribution in [1.82, 2.24) is 9.80 Å². The van der Waals surface area contributed by atoms with Crippen molar-refractivity contribution in [3.05, 3.63) is 70.8 Å². The molecule has 1 N–H and O–H groups in total. The Labute approximate surface area is 200 Å². The first-order valence-electron chi connectivity index (χ1n) is 11.5. The molecule has 0 saturated heterocycles. The highest BCUT2D eigenvalue weighted by Gasteiger charge is 2.52. The Morgan fingerprint density at radius 2 is 1.17 bits per heavy atom. The van der Waals surface area contributed by atoms with E-state index in [2.05, 4.69) is 0 Å². The second kappa shape index (κ2) is 8.66. The third-order valence-electron chi connectivity index (χ3n) is 7.13. The van der Waals surface area contributed by atoms with Gasteiger partial charge in [-0.05, 0) is 43.0 Å². The average Bonchev–Trinajstić information content (AvgIpc) is 3.56. The predicted molar refractivity (Wildman–Crippen MR) is 120 cm³/mol. The molecule has 0 spiro atoms. The number of nitrogens with zero attached hydrogens (tertiary/aromatic N) is 2. The van der Waals surface area contributed by atoms with Crippen LogP contribution in [0.2, 0.25) is 0 Å². The van der Waals surface area contributed by atoms with E-state index in [0.717, 1.165) is 12.8 Å². The number of amides is 4. The molecule has 3 aliphatic rings. The molecular formula is C26H22N2O7. The van der Waals surface area contributed by atoms with Gasteiger partial charge in [-0.1, -0.05) is 37.1 Å². The highest BCUT2D eigenvalue weighted by atomic mass is 16.3. The molecule has 0 aromatic heterocycles. The van der Waals surface area contributed by atoms with E-state index in [1.54, 1.807) is 24.3 Å². The van der Waals surface area contributed by atoms with Crippen molar-refractivity contribution in [3.8, 4) is 0 Å². The van der Waals surface area contributed by atoms with Crippen LogP contribution >= 0.6 is 0 Å². The Balaban J connectivity index is 1.55. The first kappa shape index (κ1) is 22.8. The topological polar surface area (TPSA) is 129 Å². The molecular weight excluding hydrogens is 452 g/mol. The zero-order valence-corrected chi connectivity index (χ0v) is 18.6. The lowest BCUT2D eigenvalue weighted by Crippen LogP contribution is -2.60. The van der Waals surface area contributed by atoms with Gasteiger partial charge >= 0.3 is 0 Å². The number of aliphatic hydroxyl groups excluding tert-OH is 1. The minimum atomic E-state index is -1.91. The maximum absolute atomic E-state index is 13.8. The van der Waals surface area contributed by atoms with Gasteiger partial charge in [0.25, 0.3) is 23.6 Å². The normalized spacial score (nSPS) is 20.1. The van der Waals surface area contributed by atoms with Gasteiger partial charge in [-0.25, -0.2) is 0 Å². The maximum atomic E-state index is 13.8. The molecule has 2 aliphatic heterocycles. The minimum Gasteiger partial charge on any atom is -0.390 e. The first-order valence-corrected chi connectivity index (χ1v) is 11.5. The molecule has 4 amide bonds. The number of aldehydes is 1. The smallest absolute Gasteiger partial charge is 0.262 e. The summed E-state index contributed by atoms with van der Waals surface area (Å²) in [6.07, 6.45) is 1.46. The van der Waals surface area contributed by atoms with Crippen molar-refractivity contribution in [1.29, 1.82) is 0 Å². The number of ketones is 1. The summed E-state index contributed by atoms with van der Waals surface area (Å²) in [6, 6.07) is 8.33. The summed E-state index contributed by atoms with van der Waals surface area (Å²) in [5, 5.41) is 11.3. The van der Waals surface area contributed by atoms with Crippen molar-refractivity contribution in [2.45, 2.75) is 43.9 Å². The second-order valence-electron chi connectivity index (χ2n) is 9.02. The van der Waals surface area contributed by atoms with Crippen LogP contribution in [-0.4, -0.2) is 68.8 Å². The van der Waals surface area contributed by atoms with Gasteiger partial charge in [0, 0.05) is 0 Å². The van der Waals surface area contributed by atoms with Crippen molar-refractivity contribution in [2.24, 2.45) is 5.92 Å². The van der Waals surface area contributed by atoms with Crippen LogP contribution in [0.3, 0.4) is 0 Å². The molecule has 0 radical (unpaired) electrons. The largest absolute Gasteiger partial charge is 0.390 e. The van der Waals surface area contributed by atoms with Crippen molar-refractivity contribution in [2.75, 3.05) is 0 Å². The lowest BCUT2D eigenvalue weighted by molar-refractivity contribution is -0.134. The lowest BCUT2D eigenvalue weighted by atomic mass is 9.88. The summed E-state index contributed by atoms with van der Waals surface area (Å²) in [6.45, 7) is 0. The molecule has 0 bridgehead atoms. The number of hydrogen-bond acceptors (Lipinski definition) is 7. The van der Waals surface area contributed by atoms with Gasteiger partial charge in [-0.2, -0.15) is 0 Å². The molecule has 2 aromatic rings. The molecule has 178 valence electrons.